The average molecular weight is 575 g/mol. The second-order valence-electron chi connectivity index (χ2n) is 9.36. The van der Waals surface area contributed by atoms with Gasteiger partial charge in [-0.05, 0) is 44.9 Å². The number of rotatable bonds is 24. The van der Waals surface area contributed by atoms with Gasteiger partial charge < -0.3 is 45.3 Å². The molecule has 0 aromatic heterocycles. The summed E-state index contributed by atoms with van der Waals surface area (Å²) in [5.41, 5.74) is 0. The molecule has 1 fully saturated rings. The Balaban J connectivity index is 2.06. The number of carboxylic acids is 1. The molecule has 1 saturated carbocycles. The van der Waals surface area contributed by atoms with Gasteiger partial charge in [-0.2, -0.15) is 0 Å². The first-order valence-corrected chi connectivity index (χ1v) is 13.9. The van der Waals surface area contributed by atoms with Crippen molar-refractivity contribution in [3.63, 3.8) is 0 Å². The van der Waals surface area contributed by atoms with Crippen molar-refractivity contribution in [2.45, 2.75) is 51.5 Å². The molecular weight excluding hydrogens is 528 g/mol. The van der Waals surface area contributed by atoms with Crippen LogP contribution in [-0.2, 0) is 42.9 Å². The molecule has 0 aliphatic heterocycles. The lowest BCUT2D eigenvalue weighted by Gasteiger charge is -2.28. The summed E-state index contributed by atoms with van der Waals surface area (Å²) in [5.74, 6) is -2.05. The number of nitrogens with one attached hydrogen (secondary N) is 4. The number of carboxylic acid groups (broad SMARTS) is 1. The number of hydrogen-bond donors (Lipinski definition) is 5. The SMILES string of the molecule is CCOCCOCCNC(=O)COCCOCCNC(=O)CCC(NC(=O)C1CCC(CNC=O)CC1)C(=O)O. The van der Waals surface area contributed by atoms with E-state index in [2.05, 4.69) is 21.3 Å². The van der Waals surface area contributed by atoms with Gasteiger partial charge in [0.1, 0.15) is 12.6 Å². The van der Waals surface area contributed by atoms with Gasteiger partial charge in [-0.3, -0.25) is 19.2 Å². The van der Waals surface area contributed by atoms with E-state index in [1.165, 1.54) is 0 Å². The summed E-state index contributed by atoms with van der Waals surface area (Å²) < 4.78 is 21.0. The highest BCUT2D eigenvalue weighted by Gasteiger charge is 2.29. The van der Waals surface area contributed by atoms with Crippen LogP contribution in [0.4, 0.5) is 0 Å². The maximum absolute atomic E-state index is 12.5. The Morgan fingerprint density at radius 3 is 2.05 bits per heavy atom. The first-order valence-electron chi connectivity index (χ1n) is 13.9. The van der Waals surface area contributed by atoms with Crippen LogP contribution in [-0.4, -0.2) is 114 Å². The lowest BCUT2D eigenvalue weighted by molar-refractivity contribution is -0.143. The summed E-state index contributed by atoms with van der Waals surface area (Å²) in [6.07, 6.45) is 3.41. The molecule has 1 aliphatic rings. The van der Waals surface area contributed by atoms with E-state index in [0.29, 0.717) is 64.7 Å². The fourth-order valence-electron chi connectivity index (χ4n) is 4.08. The lowest BCUT2D eigenvalue weighted by Crippen LogP contribution is -2.45. The van der Waals surface area contributed by atoms with E-state index >= 15 is 0 Å². The van der Waals surface area contributed by atoms with E-state index in [1.54, 1.807) is 0 Å². The first kappa shape index (κ1) is 35.2. The Bertz CT molecular complexity index is 747. The minimum atomic E-state index is -1.19. The predicted octanol–water partition coefficient (Wildman–Crippen LogP) is -0.793. The van der Waals surface area contributed by atoms with Crippen LogP contribution in [0.5, 0.6) is 0 Å². The number of amides is 4. The number of hydrogen-bond acceptors (Lipinski definition) is 9. The molecule has 0 saturated heterocycles. The summed E-state index contributed by atoms with van der Waals surface area (Å²) in [5, 5.41) is 20.0. The fourth-order valence-corrected chi connectivity index (χ4v) is 4.08. The predicted molar refractivity (Wildman–Crippen MR) is 143 cm³/mol. The summed E-state index contributed by atoms with van der Waals surface area (Å²) in [6.45, 7) is 5.71. The number of ether oxygens (including phenoxy) is 4. The second-order valence-corrected chi connectivity index (χ2v) is 9.36. The van der Waals surface area contributed by atoms with Crippen LogP contribution in [0.25, 0.3) is 0 Å². The highest BCUT2D eigenvalue weighted by Crippen LogP contribution is 2.28. The minimum Gasteiger partial charge on any atom is -0.480 e. The molecule has 1 rings (SSSR count). The first-order chi connectivity index (χ1) is 19.4. The van der Waals surface area contributed by atoms with Crippen molar-refractivity contribution in [2.24, 2.45) is 11.8 Å². The second kappa shape index (κ2) is 22.9. The topological polar surface area (TPSA) is 191 Å². The third-order valence-corrected chi connectivity index (χ3v) is 6.30. The van der Waals surface area contributed by atoms with E-state index < -0.39 is 12.0 Å². The summed E-state index contributed by atoms with van der Waals surface area (Å²) in [6, 6.07) is -1.15. The normalized spacial score (nSPS) is 17.4. The molecule has 230 valence electrons. The standard InChI is InChI=1S/C26H46N4O10/c1-2-37-13-14-38-12-10-29-24(33)18-40-16-15-39-11-9-28-23(32)8-7-22(26(35)36)30-25(34)21-5-3-20(4-6-21)17-27-19-31/h19-22H,2-18H2,1H3,(H,27,31)(H,28,32)(H,29,33)(H,30,34)(H,35,36). The van der Waals surface area contributed by atoms with Crippen LogP contribution >= 0.6 is 0 Å². The monoisotopic (exact) mass is 574 g/mol. The van der Waals surface area contributed by atoms with Crippen molar-refractivity contribution in [3.05, 3.63) is 0 Å². The van der Waals surface area contributed by atoms with Crippen LogP contribution in [0.3, 0.4) is 0 Å². The van der Waals surface area contributed by atoms with Crippen LogP contribution in [0.2, 0.25) is 0 Å². The maximum atomic E-state index is 12.5. The van der Waals surface area contributed by atoms with Crippen LogP contribution in [0.1, 0.15) is 45.4 Å². The molecule has 0 bridgehead atoms. The quantitative estimate of drug-likeness (QED) is 0.0721. The zero-order chi connectivity index (χ0) is 29.4. The van der Waals surface area contributed by atoms with E-state index in [1.807, 2.05) is 6.92 Å². The van der Waals surface area contributed by atoms with Gasteiger partial charge in [0.15, 0.2) is 0 Å². The van der Waals surface area contributed by atoms with Crippen molar-refractivity contribution < 1.29 is 48.0 Å². The van der Waals surface area contributed by atoms with Crippen molar-refractivity contribution in [1.29, 1.82) is 0 Å². The van der Waals surface area contributed by atoms with Crippen molar-refractivity contribution >= 4 is 30.1 Å². The summed E-state index contributed by atoms with van der Waals surface area (Å²) in [7, 11) is 0. The molecule has 1 aliphatic carbocycles. The molecule has 4 amide bonds. The van der Waals surface area contributed by atoms with E-state index in [0.717, 1.165) is 12.8 Å². The summed E-state index contributed by atoms with van der Waals surface area (Å²) >= 11 is 0. The smallest absolute Gasteiger partial charge is 0.326 e. The molecule has 0 radical (unpaired) electrons. The van der Waals surface area contributed by atoms with E-state index in [9.17, 15) is 29.1 Å². The molecule has 5 N–H and O–H groups in total. The molecule has 0 spiro atoms. The number of aliphatic carboxylic acids is 1. The number of carbonyl (C=O) groups excluding carboxylic acids is 4. The largest absolute Gasteiger partial charge is 0.480 e. The summed E-state index contributed by atoms with van der Waals surface area (Å²) in [4.78, 5) is 58.3. The Labute approximate surface area is 235 Å². The molecule has 1 atom stereocenters. The Hall–Kier alpha value is -2.81. The van der Waals surface area contributed by atoms with Gasteiger partial charge in [0, 0.05) is 38.6 Å². The molecule has 40 heavy (non-hydrogen) atoms. The van der Waals surface area contributed by atoms with Crippen molar-refractivity contribution in [1.82, 2.24) is 21.3 Å². The highest BCUT2D eigenvalue weighted by atomic mass is 16.5. The molecule has 14 nitrogen and oxygen atoms in total. The maximum Gasteiger partial charge on any atom is 0.326 e. The minimum absolute atomic E-state index is 0.0261. The molecule has 14 heteroatoms. The zero-order valence-corrected chi connectivity index (χ0v) is 23.5. The van der Waals surface area contributed by atoms with Gasteiger partial charge in [-0.15, -0.1) is 0 Å². The van der Waals surface area contributed by atoms with Gasteiger partial charge in [0.2, 0.25) is 24.1 Å². The van der Waals surface area contributed by atoms with E-state index in [4.69, 9.17) is 18.9 Å². The highest BCUT2D eigenvalue weighted by molar-refractivity contribution is 5.85. The Kier molecular flexibility index (Phi) is 20.2. The van der Waals surface area contributed by atoms with Gasteiger partial charge in [0.25, 0.3) is 0 Å². The van der Waals surface area contributed by atoms with Crippen LogP contribution < -0.4 is 21.3 Å². The molecule has 0 heterocycles. The molecular formula is C26H46N4O10. The third kappa shape index (κ3) is 17.7. The average Bonchev–Trinajstić information content (AvgIpc) is 2.95. The number of carbonyl (C=O) groups is 5. The zero-order valence-electron chi connectivity index (χ0n) is 23.5. The Morgan fingerprint density at radius 1 is 0.850 bits per heavy atom. The fraction of sp³-hybridized carbons (Fsp3) is 0.808. The van der Waals surface area contributed by atoms with Crippen LogP contribution in [0, 0.1) is 11.8 Å². The third-order valence-electron chi connectivity index (χ3n) is 6.30. The molecule has 1 unspecified atom stereocenters. The molecule has 0 aromatic carbocycles. The van der Waals surface area contributed by atoms with Crippen molar-refractivity contribution in [3.8, 4) is 0 Å². The Morgan fingerprint density at radius 2 is 1.45 bits per heavy atom. The lowest BCUT2D eigenvalue weighted by atomic mass is 9.81. The van der Waals surface area contributed by atoms with Gasteiger partial charge in [-0.25, -0.2) is 4.79 Å². The molecule has 0 aromatic rings. The van der Waals surface area contributed by atoms with Gasteiger partial charge >= 0.3 is 5.97 Å². The van der Waals surface area contributed by atoms with Crippen molar-refractivity contribution in [2.75, 3.05) is 72.5 Å². The van der Waals surface area contributed by atoms with E-state index in [-0.39, 0.29) is 69.5 Å². The van der Waals surface area contributed by atoms with Crippen LogP contribution in [0.15, 0.2) is 0 Å². The van der Waals surface area contributed by atoms with Gasteiger partial charge in [-0.1, -0.05) is 0 Å². The van der Waals surface area contributed by atoms with Gasteiger partial charge in [0.05, 0.1) is 39.6 Å².